The van der Waals surface area contributed by atoms with E-state index in [0.29, 0.717) is 19.4 Å². The molecular formula is C13H27NO3S. The summed E-state index contributed by atoms with van der Waals surface area (Å²) in [7, 11) is -3.17. The second-order valence-corrected chi connectivity index (χ2v) is 8.66. The van der Waals surface area contributed by atoms with Gasteiger partial charge in [-0.1, -0.05) is 20.8 Å². The van der Waals surface area contributed by atoms with Crippen molar-refractivity contribution >= 4 is 10.0 Å². The van der Waals surface area contributed by atoms with Crippen molar-refractivity contribution in [1.29, 1.82) is 0 Å². The highest BCUT2D eigenvalue weighted by molar-refractivity contribution is 7.89. The van der Waals surface area contributed by atoms with Crippen molar-refractivity contribution in [2.75, 3.05) is 12.3 Å². The molecule has 1 aliphatic rings. The first-order chi connectivity index (χ1) is 8.12. The second kappa shape index (κ2) is 5.88. The van der Waals surface area contributed by atoms with Crippen molar-refractivity contribution in [2.45, 2.75) is 65.5 Å². The van der Waals surface area contributed by atoms with Crippen molar-refractivity contribution in [3.8, 4) is 0 Å². The third-order valence-electron chi connectivity index (χ3n) is 3.40. The minimum absolute atomic E-state index is 0.00466. The van der Waals surface area contributed by atoms with E-state index in [2.05, 4.69) is 20.8 Å². The Labute approximate surface area is 111 Å². The van der Waals surface area contributed by atoms with Crippen LogP contribution in [0.5, 0.6) is 0 Å². The van der Waals surface area contributed by atoms with E-state index in [4.69, 9.17) is 0 Å². The maximum Gasteiger partial charge on any atom is 0.214 e. The van der Waals surface area contributed by atoms with Crippen molar-refractivity contribution in [1.82, 2.24) is 4.31 Å². The Hall–Kier alpha value is -0.130. The summed E-state index contributed by atoms with van der Waals surface area (Å²) in [5.41, 5.74) is 0.0343. The van der Waals surface area contributed by atoms with Gasteiger partial charge in [0.2, 0.25) is 10.0 Å². The van der Waals surface area contributed by atoms with Crippen LogP contribution in [0.1, 0.15) is 53.4 Å². The van der Waals surface area contributed by atoms with Crippen LogP contribution in [0.25, 0.3) is 0 Å². The molecule has 108 valence electrons. The molecule has 0 aliphatic carbocycles. The van der Waals surface area contributed by atoms with Gasteiger partial charge < -0.3 is 5.11 Å². The van der Waals surface area contributed by atoms with E-state index in [1.807, 2.05) is 0 Å². The first-order valence-electron chi connectivity index (χ1n) is 6.79. The number of aliphatic hydroxyl groups is 1. The van der Waals surface area contributed by atoms with Gasteiger partial charge >= 0.3 is 0 Å². The summed E-state index contributed by atoms with van der Waals surface area (Å²) in [6.45, 7) is 8.50. The molecule has 1 aliphatic heterocycles. The number of sulfonamides is 1. The fraction of sp³-hybridized carbons (Fsp3) is 1.00. The molecule has 0 bridgehead atoms. The quantitative estimate of drug-likeness (QED) is 0.836. The van der Waals surface area contributed by atoms with Crippen LogP contribution < -0.4 is 0 Å². The van der Waals surface area contributed by atoms with Gasteiger partial charge in [0, 0.05) is 12.6 Å². The standard InChI is InChI=1S/C13H27NO3S/c1-11(15)10-12-6-5-8-14(12)18(16,17)9-7-13(2,3)4/h11-12,15H,5-10H2,1-4H3. The van der Waals surface area contributed by atoms with Crippen molar-refractivity contribution in [2.24, 2.45) is 5.41 Å². The fourth-order valence-electron chi connectivity index (χ4n) is 2.36. The Bertz CT molecular complexity index is 357. The van der Waals surface area contributed by atoms with Crippen molar-refractivity contribution in [3.05, 3.63) is 0 Å². The highest BCUT2D eigenvalue weighted by Gasteiger charge is 2.34. The second-order valence-electron chi connectivity index (χ2n) is 6.62. The van der Waals surface area contributed by atoms with Crippen LogP contribution in [-0.4, -0.2) is 42.3 Å². The Morgan fingerprint density at radius 3 is 2.50 bits per heavy atom. The molecule has 2 atom stereocenters. The molecular weight excluding hydrogens is 250 g/mol. The molecule has 18 heavy (non-hydrogen) atoms. The minimum atomic E-state index is -3.17. The summed E-state index contributed by atoms with van der Waals surface area (Å²) in [5.74, 6) is 0.215. The molecule has 0 aromatic rings. The average Bonchev–Trinajstić information content (AvgIpc) is 2.61. The van der Waals surface area contributed by atoms with Crippen LogP contribution in [0.4, 0.5) is 0 Å². The molecule has 0 spiro atoms. The largest absolute Gasteiger partial charge is 0.393 e. The number of hydrogen-bond donors (Lipinski definition) is 1. The van der Waals surface area contributed by atoms with Gasteiger partial charge in [-0.15, -0.1) is 0 Å². The van der Waals surface area contributed by atoms with Gasteiger partial charge in [0.1, 0.15) is 0 Å². The molecule has 1 N–H and O–H groups in total. The van der Waals surface area contributed by atoms with Gasteiger partial charge in [-0.05, 0) is 38.0 Å². The van der Waals surface area contributed by atoms with Gasteiger partial charge in [-0.3, -0.25) is 0 Å². The Kier molecular flexibility index (Phi) is 5.21. The Balaban J connectivity index is 2.66. The van der Waals surface area contributed by atoms with E-state index in [1.54, 1.807) is 11.2 Å². The normalized spacial score (nSPS) is 24.4. The highest BCUT2D eigenvalue weighted by atomic mass is 32.2. The third kappa shape index (κ3) is 4.86. The maximum absolute atomic E-state index is 12.3. The Morgan fingerprint density at radius 2 is 2.00 bits per heavy atom. The summed E-state index contributed by atoms with van der Waals surface area (Å²) in [6, 6.07) is -0.00466. The molecule has 2 unspecified atom stereocenters. The molecule has 1 heterocycles. The lowest BCUT2D eigenvalue weighted by Crippen LogP contribution is -2.39. The molecule has 0 saturated carbocycles. The lowest BCUT2D eigenvalue weighted by atomic mass is 9.94. The molecule has 0 aromatic carbocycles. The summed E-state index contributed by atoms with van der Waals surface area (Å²) in [6.07, 6.45) is 2.57. The minimum Gasteiger partial charge on any atom is -0.393 e. The summed E-state index contributed by atoms with van der Waals surface area (Å²) < 4.78 is 26.2. The van der Waals surface area contributed by atoms with Crippen molar-refractivity contribution < 1.29 is 13.5 Å². The third-order valence-corrected chi connectivity index (χ3v) is 5.32. The molecule has 4 nitrogen and oxygen atoms in total. The lowest BCUT2D eigenvalue weighted by Gasteiger charge is -2.26. The molecule has 1 rings (SSSR count). The topological polar surface area (TPSA) is 57.6 Å². The smallest absolute Gasteiger partial charge is 0.214 e. The van der Waals surface area contributed by atoms with Crippen LogP contribution in [-0.2, 0) is 10.0 Å². The van der Waals surface area contributed by atoms with E-state index < -0.39 is 16.1 Å². The van der Waals surface area contributed by atoms with Crippen LogP contribution in [0.2, 0.25) is 0 Å². The first-order valence-corrected chi connectivity index (χ1v) is 8.40. The zero-order chi connectivity index (χ0) is 14.0. The zero-order valence-corrected chi connectivity index (χ0v) is 12.8. The van der Waals surface area contributed by atoms with Crippen LogP contribution in [0, 0.1) is 5.41 Å². The summed E-state index contributed by atoms with van der Waals surface area (Å²) in [4.78, 5) is 0. The van der Waals surface area contributed by atoms with Crippen LogP contribution in [0.3, 0.4) is 0 Å². The molecule has 0 amide bonds. The maximum atomic E-state index is 12.3. The van der Waals surface area contributed by atoms with E-state index in [1.165, 1.54) is 0 Å². The van der Waals surface area contributed by atoms with Crippen molar-refractivity contribution in [3.63, 3.8) is 0 Å². The number of hydrogen-bond acceptors (Lipinski definition) is 3. The van der Waals surface area contributed by atoms with E-state index in [0.717, 1.165) is 12.8 Å². The SMILES string of the molecule is CC(O)CC1CCCN1S(=O)(=O)CCC(C)(C)C. The van der Waals surface area contributed by atoms with Gasteiger partial charge in [-0.25, -0.2) is 8.42 Å². The number of nitrogens with zero attached hydrogens (tertiary/aromatic N) is 1. The predicted octanol–water partition coefficient (Wildman–Crippen LogP) is 1.99. The fourth-order valence-corrected chi connectivity index (χ4v) is 4.51. The highest BCUT2D eigenvalue weighted by Crippen LogP contribution is 2.27. The number of aliphatic hydroxyl groups excluding tert-OH is 1. The van der Waals surface area contributed by atoms with Crippen LogP contribution >= 0.6 is 0 Å². The molecule has 0 aromatic heterocycles. The number of rotatable bonds is 5. The lowest BCUT2D eigenvalue weighted by molar-refractivity contribution is 0.157. The van der Waals surface area contributed by atoms with E-state index in [-0.39, 0.29) is 17.2 Å². The van der Waals surface area contributed by atoms with Gasteiger partial charge in [0.15, 0.2) is 0 Å². The molecule has 1 fully saturated rings. The predicted molar refractivity (Wildman–Crippen MR) is 73.9 cm³/mol. The first kappa shape index (κ1) is 15.9. The Morgan fingerprint density at radius 1 is 1.39 bits per heavy atom. The average molecular weight is 277 g/mol. The zero-order valence-electron chi connectivity index (χ0n) is 12.0. The van der Waals surface area contributed by atoms with Gasteiger partial charge in [0.25, 0.3) is 0 Å². The van der Waals surface area contributed by atoms with Crippen LogP contribution in [0.15, 0.2) is 0 Å². The molecule has 0 radical (unpaired) electrons. The summed E-state index contributed by atoms with van der Waals surface area (Å²) >= 11 is 0. The summed E-state index contributed by atoms with van der Waals surface area (Å²) in [5, 5.41) is 9.43. The van der Waals surface area contributed by atoms with Gasteiger partial charge in [0.05, 0.1) is 11.9 Å². The molecule has 5 heteroatoms. The molecule has 1 saturated heterocycles. The van der Waals surface area contributed by atoms with Gasteiger partial charge in [-0.2, -0.15) is 4.31 Å². The monoisotopic (exact) mass is 277 g/mol. The van der Waals surface area contributed by atoms with E-state index in [9.17, 15) is 13.5 Å². The van der Waals surface area contributed by atoms with E-state index >= 15 is 0 Å².